The van der Waals surface area contributed by atoms with Crippen molar-refractivity contribution in [2.24, 2.45) is 5.73 Å². The maximum Gasteiger partial charge on any atom is 0.237 e. The van der Waals surface area contributed by atoms with Crippen molar-refractivity contribution < 1.29 is 9.53 Å². The number of carbonyl (C=O) groups excluding carboxylic acids is 1. The molecule has 1 amide bonds. The van der Waals surface area contributed by atoms with Crippen LogP contribution in [0, 0.1) is 0 Å². The molecule has 0 aliphatic rings. The Morgan fingerprint density at radius 2 is 2.00 bits per heavy atom. The van der Waals surface area contributed by atoms with Crippen molar-refractivity contribution >= 4 is 29.7 Å². The molecule has 0 fully saturated rings. The predicted octanol–water partition coefficient (Wildman–Crippen LogP) is 3.59. The molecule has 4 nitrogen and oxygen atoms in total. The molecule has 126 valence electrons. The second-order valence-electron chi connectivity index (χ2n) is 5.14. The molecule has 0 bridgehead atoms. The summed E-state index contributed by atoms with van der Waals surface area (Å²) in [5, 5.41) is 4.99. The van der Waals surface area contributed by atoms with Crippen LogP contribution in [0.15, 0.2) is 35.7 Å². The summed E-state index contributed by atoms with van der Waals surface area (Å²) < 4.78 is 5.16. The first-order valence-electron chi connectivity index (χ1n) is 7.39. The number of halogens is 1. The summed E-state index contributed by atoms with van der Waals surface area (Å²) in [4.78, 5) is 12.9. The molecule has 0 aliphatic heterocycles. The number of nitrogens with one attached hydrogen (secondary N) is 1. The van der Waals surface area contributed by atoms with Crippen LogP contribution in [0.5, 0.6) is 5.75 Å². The summed E-state index contributed by atoms with van der Waals surface area (Å²) in [5.41, 5.74) is 8.08. The molecule has 1 aromatic carbocycles. The van der Waals surface area contributed by atoms with Gasteiger partial charge >= 0.3 is 0 Å². The standard InChI is InChI=1S/C17H22N2O2S.ClH/c1-3-4-16(18)17(20)19-10-15-9-13(11-22-15)12-5-7-14(21-2)8-6-12;/h5-9,11,16H,3-4,10,18H2,1-2H3,(H,19,20);1H. The van der Waals surface area contributed by atoms with Crippen LogP contribution in [0.25, 0.3) is 11.1 Å². The molecular formula is C17H23ClN2O2S. The van der Waals surface area contributed by atoms with Crippen molar-refractivity contribution in [1.29, 1.82) is 0 Å². The van der Waals surface area contributed by atoms with Gasteiger partial charge in [0, 0.05) is 4.88 Å². The molecule has 1 heterocycles. The Labute approximate surface area is 147 Å². The van der Waals surface area contributed by atoms with E-state index < -0.39 is 6.04 Å². The fraction of sp³-hybridized carbons (Fsp3) is 0.353. The average molecular weight is 355 g/mol. The maximum atomic E-state index is 11.8. The molecule has 3 N–H and O–H groups in total. The van der Waals surface area contributed by atoms with E-state index in [4.69, 9.17) is 10.5 Å². The quantitative estimate of drug-likeness (QED) is 0.798. The number of ether oxygens (including phenoxy) is 1. The molecule has 0 spiro atoms. The van der Waals surface area contributed by atoms with Gasteiger partial charge in [-0.25, -0.2) is 0 Å². The Balaban J connectivity index is 0.00000264. The zero-order valence-electron chi connectivity index (χ0n) is 13.4. The highest BCUT2D eigenvalue weighted by atomic mass is 35.5. The Morgan fingerprint density at radius 3 is 2.61 bits per heavy atom. The number of thiophene rings is 1. The van der Waals surface area contributed by atoms with Crippen molar-refractivity contribution in [2.45, 2.75) is 32.4 Å². The smallest absolute Gasteiger partial charge is 0.237 e. The van der Waals surface area contributed by atoms with Gasteiger partial charge in [0.05, 0.1) is 19.7 Å². The van der Waals surface area contributed by atoms with Gasteiger partial charge in [0.25, 0.3) is 0 Å². The van der Waals surface area contributed by atoms with Crippen molar-refractivity contribution in [3.63, 3.8) is 0 Å². The minimum absolute atomic E-state index is 0. The normalized spacial score (nSPS) is 11.4. The number of hydrogen-bond donors (Lipinski definition) is 2. The highest BCUT2D eigenvalue weighted by molar-refractivity contribution is 7.10. The van der Waals surface area contributed by atoms with Crippen LogP contribution < -0.4 is 15.8 Å². The van der Waals surface area contributed by atoms with Crippen molar-refractivity contribution in [3.05, 3.63) is 40.6 Å². The highest BCUT2D eigenvalue weighted by Crippen LogP contribution is 2.27. The molecule has 0 saturated heterocycles. The third-order valence-electron chi connectivity index (χ3n) is 3.45. The Bertz CT molecular complexity index is 613. The maximum absolute atomic E-state index is 11.8. The Hall–Kier alpha value is -1.56. The van der Waals surface area contributed by atoms with E-state index in [9.17, 15) is 4.79 Å². The lowest BCUT2D eigenvalue weighted by Gasteiger charge is -2.10. The van der Waals surface area contributed by atoms with Gasteiger partial charge in [0.2, 0.25) is 5.91 Å². The Kier molecular flexibility index (Phi) is 8.09. The van der Waals surface area contributed by atoms with Gasteiger partial charge in [-0.2, -0.15) is 0 Å². The predicted molar refractivity (Wildman–Crippen MR) is 98.3 cm³/mol. The van der Waals surface area contributed by atoms with E-state index in [-0.39, 0.29) is 18.3 Å². The molecule has 1 unspecified atom stereocenters. The van der Waals surface area contributed by atoms with E-state index in [0.29, 0.717) is 13.0 Å². The van der Waals surface area contributed by atoms with Crippen LogP contribution in [-0.4, -0.2) is 19.1 Å². The number of rotatable bonds is 7. The van der Waals surface area contributed by atoms with Gasteiger partial charge in [-0.15, -0.1) is 23.7 Å². The molecule has 2 rings (SSSR count). The molecule has 6 heteroatoms. The third-order valence-corrected chi connectivity index (χ3v) is 4.39. The second kappa shape index (κ2) is 9.55. The van der Waals surface area contributed by atoms with Crippen LogP contribution in [0.3, 0.4) is 0 Å². The van der Waals surface area contributed by atoms with Gasteiger partial charge in [0.15, 0.2) is 0 Å². The lowest BCUT2D eigenvalue weighted by molar-refractivity contribution is -0.122. The van der Waals surface area contributed by atoms with Crippen LogP contribution in [0.4, 0.5) is 0 Å². The van der Waals surface area contributed by atoms with Gasteiger partial charge in [-0.1, -0.05) is 25.5 Å². The molecule has 2 aromatic rings. The fourth-order valence-electron chi connectivity index (χ4n) is 2.16. The second-order valence-corrected chi connectivity index (χ2v) is 6.14. The van der Waals surface area contributed by atoms with Crippen LogP contribution in [0.2, 0.25) is 0 Å². The number of hydrogen-bond acceptors (Lipinski definition) is 4. The summed E-state index contributed by atoms with van der Waals surface area (Å²) in [5.74, 6) is 0.762. The van der Waals surface area contributed by atoms with Gasteiger partial charge in [-0.3, -0.25) is 4.79 Å². The molecule has 0 radical (unpaired) electrons. The molecule has 23 heavy (non-hydrogen) atoms. The number of amides is 1. The first-order chi connectivity index (χ1) is 10.6. The van der Waals surface area contributed by atoms with Crippen LogP contribution in [-0.2, 0) is 11.3 Å². The summed E-state index contributed by atoms with van der Waals surface area (Å²) in [6, 6.07) is 9.63. The van der Waals surface area contributed by atoms with Gasteiger partial charge in [-0.05, 0) is 41.1 Å². The van der Waals surface area contributed by atoms with E-state index in [2.05, 4.69) is 16.8 Å². The lowest BCUT2D eigenvalue weighted by atomic mass is 10.1. The van der Waals surface area contributed by atoms with Crippen molar-refractivity contribution in [2.75, 3.05) is 7.11 Å². The van der Waals surface area contributed by atoms with E-state index in [1.807, 2.05) is 31.2 Å². The summed E-state index contributed by atoms with van der Waals surface area (Å²) in [6.07, 6.45) is 1.63. The molecule has 0 saturated carbocycles. The summed E-state index contributed by atoms with van der Waals surface area (Å²) in [6.45, 7) is 2.55. The zero-order valence-corrected chi connectivity index (χ0v) is 15.0. The van der Waals surface area contributed by atoms with E-state index >= 15 is 0 Å². The number of carbonyl (C=O) groups is 1. The molecular weight excluding hydrogens is 332 g/mol. The van der Waals surface area contributed by atoms with Crippen LogP contribution in [0.1, 0.15) is 24.6 Å². The SMILES string of the molecule is CCCC(N)C(=O)NCc1cc(-c2ccc(OC)cc2)cs1.Cl. The van der Waals surface area contributed by atoms with Crippen molar-refractivity contribution in [1.82, 2.24) is 5.32 Å². The molecule has 1 atom stereocenters. The lowest BCUT2D eigenvalue weighted by Crippen LogP contribution is -2.39. The molecule has 0 aliphatic carbocycles. The number of benzene rings is 1. The number of methoxy groups -OCH3 is 1. The van der Waals surface area contributed by atoms with E-state index in [0.717, 1.165) is 28.2 Å². The zero-order chi connectivity index (χ0) is 15.9. The largest absolute Gasteiger partial charge is 0.497 e. The first kappa shape index (κ1) is 19.5. The average Bonchev–Trinajstić information content (AvgIpc) is 3.02. The minimum atomic E-state index is -0.411. The minimum Gasteiger partial charge on any atom is -0.497 e. The topological polar surface area (TPSA) is 64.4 Å². The number of nitrogens with two attached hydrogens (primary N) is 1. The summed E-state index contributed by atoms with van der Waals surface area (Å²) >= 11 is 1.63. The van der Waals surface area contributed by atoms with E-state index in [1.54, 1.807) is 18.4 Å². The van der Waals surface area contributed by atoms with Gasteiger partial charge < -0.3 is 15.8 Å². The Morgan fingerprint density at radius 1 is 1.30 bits per heavy atom. The monoisotopic (exact) mass is 354 g/mol. The summed E-state index contributed by atoms with van der Waals surface area (Å²) in [7, 11) is 1.66. The fourth-order valence-corrected chi connectivity index (χ4v) is 2.99. The highest BCUT2D eigenvalue weighted by Gasteiger charge is 2.12. The third kappa shape index (κ3) is 5.53. The van der Waals surface area contributed by atoms with Crippen LogP contribution >= 0.6 is 23.7 Å². The van der Waals surface area contributed by atoms with E-state index in [1.165, 1.54) is 0 Å². The first-order valence-corrected chi connectivity index (χ1v) is 8.27. The van der Waals surface area contributed by atoms with Crippen molar-refractivity contribution in [3.8, 4) is 16.9 Å². The molecule has 1 aromatic heterocycles. The van der Waals surface area contributed by atoms with Gasteiger partial charge in [0.1, 0.15) is 5.75 Å².